The lowest BCUT2D eigenvalue weighted by molar-refractivity contribution is -0.137. The molecule has 7 nitrogen and oxygen atoms in total. The van der Waals surface area contributed by atoms with Crippen molar-refractivity contribution in [3.05, 3.63) is 83.9 Å². The smallest absolute Gasteiger partial charge is 0.261 e. The number of nitrogens with one attached hydrogen (secondary N) is 1. The SMILES string of the molecule is Cc1nc([C@@H]2CCCCN2C(=O)COc2ccccc2)ncc1C(=O)Nc1ccccc1. The van der Waals surface area contributed by atoms with Crippen molar-refractivity contribution in [1.29, 1.82) is 0 Å². The van der Waals surface area contributed by atoms with Crippen LogP contribution < -0.4 is 10.1 Å². The van der Waals surface area contributed by atoms with Gasteiger partial charge < -0.3 is 15.0 Å². The summed E-state index contributed by atoms with van der Waals surface area (Å²) in [6, 6.07) is 18.3. The molecule has 0 aliphatic carbocycles. The Balaban J connectivity index is 1.46. The average Bonchev–Trinajstić information content (AvgIpc) is 2.83. The largest absolute Gasteiger partial charge is 0.484 e. The highest BCUT2D eigenvalue weighted by Crippen LogP contribution is 2.29. The van der Waals surface area contributed by atoms with Crippen LogP contribution in [-0.2, 0) is 4.79 Å². The number of hydrogen-bond acceptors (Lipinski definition) is 5. The van der Waals surface area contributed by atoms with E-state index >= 15 is 0 Å². The molecule has 0 bridgehead atoms. The molecule has 1 atom stereocenters. The molecule has 0 unspecified atom stereocenters. The number of likely N-dealkylation sites (tertiary alicyclic amines) is 1. The zero-order valence-corrected chi connectivity index (χ0v) is 18.0. The first-order chi connectivity index (χ1) is 15.6. The number of carbonyl (C=O) groups excluding carboxylic acids is 2. The van der Waals surface area contributed by atoms with Crippen molar-refractivity contribution in [2.45, 2.75) is 32.2 Å². The van der Waals surface area contributed by atoms with Gasteiger partial charge in [0.25, 0.3) is 11.8 Å². The fraction of sp³-hybridized carbons (Fsp3) is 0.280. The van der Waals surface area contributed by atoms with Crippen LogP contribution in [0.4, 0.5) is 5.69 Å². The Morgan fingerprint density at radius 2 is 1.78 bits per heavy atom. The summed E-state index contributed by atoms with van der Waals surface area (Å²) in [6.45, 7) is 2.40. The van der Waals surface area contributed by atoms with Crippen LogP contribution in [0.5, 0.6) is 5.75 Å². The number of carbonyl (C=O) groups is 2. The standard InChI is InChI=1S/C25H26N4O3/c1-18-21(25(31)28-19-10-4-2-5-11-19)16-26-24(27-18)22-14-8-9-15-29(22)23(30)17-32-20-12-6-3-7-13-20/h2-7,10-13,16,22H,8-9,14-15,17H2,1H3,(H,28,31)/t22-/m0/s1. The molecule has 164 valence electrons. The number of piperidine rings is 1. The van der Waals surface area contributed by atoms with E-state index in [1.165, 1.54) is 0 Å². The van der Waals surface area contributed by atoms with Crippen LogP contribution in [0.25, 0.3) is 0 Å². The molecule has 1 aliphatic heterocycles. The first kappa shape index (κ1) is 21.5. The number of benzene rings is 2. The number of rotatable bonds is 6. The van der Waals surface area contributed by atoms with Crippen LogP contribution in [0, 0.1) is 6.92 Å². The van der Waals surface area contributed by atoms with Crippen LogP contribution in [0.1, 0.15) is 47.2 Å². The van der Waals surface area contributed by atoms with Gasteiger partial charge in [-0.15, -0.1) is 0 Å². The van der Waals surface area contributed by atoms with Crippen LogP contribution in [0.3, 0.4) is 0 Å². The monoisotopic (exact) mass is 430 g/mol. The van der Waals surface area contributed by atoms with E-state index in [0.717, 1.165) is 19.3 Å². The van der Waals surface area contributed by atoms with E-state index in [2.05, 4.69) is 15.3 Å². The molecule has 0 radical (unpaired) electrons. The zero-order chi connectivity index (χ0) is 22.3. The maximum Gasteiger partial charge on any atom is 0.261 e. The third kappa shape index (κ3) is 5.11. The number of aryl methyl sites for hydroxylation is 1. The predicted octanol–water partition coefficient (Wildman–Crippen LogP) is 4.17. The van der Waals surface area contributed by atoms with E-state index < -0.39 is 0 Å². The van der Waals surface area contributed by atoms with Gasteiger partial charge >= 0.3 is 0 Å². The van der Waals surface area contributed by atoms with E-state index in [1.807, 2.05) is 60.7 Å². The van der Waals surface area contributed by atoms with E-state index in [-0.39, 0.29) is 24.5 Å². The quantitative estimate of drug-likeness (QED) is 0.635. The molecule has 2 amide bonds. The Morgan fingerprint density at radius 1 is 1.06 bits per heavy atom. The molecule has 2 heterocycles. The predicted molar refractivity (Wildman–Crippen MR) is 121 cm³/mol. The van der Waals surface area contributed by atoms with Crippen LogP contribution in [0.2, 0.25) is 0 Å². The van der Waals surface area contributed by atoms with Crippen molar-refractivity contribution in [1.82, 2.24) is 14.9 Å². The zero-order valence-electron chi connectivity index (χ0n) is 18.0. The van der Waals surface area contributed by atoms with Gasteiger partial charge in [-0.25, -0.2) is 9.97 Å². The van der Waals surface area contributed by atoms with Gasteiger partial charge in [-0.2, -0.15) is 0 Å². The minimum absolute atomic E-state index is 0.0307. The van der Waals surface area contributed by atoms with Gasteiger partial charge in [0.2, 0.25) is 0 Å². The van der Waals surface area contributed by atoms with Gasteiger partial charge in [-0.1, -0.05) is 36.4 Å². The summed E-state index contributed by atoms with van der Waals surface area (Å²) in [6.07, 6.45) is 4.26. The number of amides is 2. The maximum absolute atomic E-state index is 12.9. The summed E-state index contributed by atoms with van der Waals surface area (Å²) in [5.74, 6) is 0.876. The molecule has 0 saturated carbocycles. The maximum atomic E-state index is 12.9. The Bertz CT molecular complexity index is 1070. The van der Waals surface area contributed by atoms with Gasteiger partial charge in [-0.05, 0) is 50.5 Å². The van der Waals surface area contributed by atoms with Crippen LogP contribution in [0.15, 0.2) is 66.9 Å². The first-order valence-corrected chi connectivity index (χ1v) is 10.8. The molecule has 0 spiro atoms. The van der Waals surface area contributed by atoms with Crippen LogP contribution in [-0.4, -0.2) is 39.8 Å². The van der Waals surface area contributed by atoms with Crippen molar-refractivity contribution in [2.75, 3.05) is 18.5 Å². The third-order valence-corrected chi connectivity index (χ3v) is 5.50. The number of hydrogen-bond donors (Lipinski definition) is 1. The number of nitrogens with zero attached hydrogens (tertiary/aromatic N) is 3. The van der Waals surface area contributed by atoms with Crippen molar-refractivity contribution < 1.29 is 14.3 Å². The average molecular weight is 431 g/mol. The van der Waals surface area contributed by atoms with E-state index in [1.54, 1.807) is 18.0 Å². The Hall–Kier alpha value is -3.74. The minimum Gasteiger partial charge on any atom is -0.484 e. The molecule has 7 heteroatoms. The van der Waals surface area contributed by atoms with Crippen LogP contribution >= 0.6 is 0 Å². The van der Waals surface area contributed by atoms with E-state index in [0.29, 0.717) is 35.1 Å². The normalized spacial score (nSPS) is 15.8. The molecule has 4 rings (SSSR count). The topological polar surface area (TPSA) is 84.4 Å². The lowest BCUT2D eigenvalue weighted by atomic mass is 10.0. The summed E-state index contributed by atoms with van der Waals surface area (Å²) in [5, 5.41) is 2.86. The van der Waals surface area contributed by atoms with Crippen molar-refractivity contribution in [3.63, 3.8) is 0 Å². The van der Waals surface area contributed by atoms with Gasteiger partial charge in [-0.3, -0.25) is 9.59 Å². The Kier molecular flexibility index (Phi) is 6.75. The molecule has 1 N–H and O–H groups in total. The lowest BCUT2D eigenvalue weighted by Crippen LogP contribution is -2.41. The minimum atomic E-state index is -0.256. The van der Waals surface area contributed by atoms with Crippen molar-refractivity contribution >= 4 is 17.5 Å². The summed E-state index contributed by atoms with van der Waals surface area (Å²) in [4.78, 5) is 36.4. The highest BCUT2D eigenvalue weighted by molar-refractivity contribution is 6.04. The molecule has 32 heavy (non-hydrogen) atoms. The van der Waals surface area contributed by atoms with Crippen molar-refractivity contribution in [2.24, 2.45) is 0 Å². The van der Waals surface area contributed by atoms with Gasteiger partial charge in [0, 0.05) is 18.4 Å². The fourth-order valence-electron chi connectivity index (χ4n) is 3.83. The number of aromatic nitrogens is 2. The molecule has 3 aromatic rings. The molecule has 1 fully saturated rings. The first-order valence-electron chi connectivity index (χ1n) is 10.8. The van der Waals surface area contributed by atoms with E-state index in [9.17, 15) is 9.59 Å². The number of anilines is 1. The second-order valence-corrected chi connectivity index (χ2v) is 7.75. The molecular weight excluding hydrogens is 404 g/mol. The number of para-hydroxylation sites is 2. The second-order valence-electron chi connectivity index (χ2n) is 7.75. The fourth-order valence-corrected chi connectivity index (χ4v) is 3.83. The molecule has 1 saturated heterocycles. The highest BCUT2D eigenvalue weighted by atomic mass is 16.5. The molecule has 1 aliphatic rings. The van der Waals surface area contributed by atoms with Gasteiger partial charge in [0.05, 0.1) is 17.3 Å². The number of ether oxygens (including phenoxy) is 1. The third-order valence-electron chi connectivity index (χ3n) is 5.50. The highest BCUT2D eigenvalue weighted by Gasteiger charge is 2.30. The van der Waals surface area contributed by atoms with Gasteiger partial charge in [0.1, 0.15) is 5.75 Å². The summed E-state index contributed by atoms with van der Waals surface area (Å²) < 4.78 is 5.65. The van der Waals surface area contributed by atoms with Gasteiger partial charge in [0.15, 0.2) is 12.4 Å². The summed E-state index contributed by atoms with van der Waals surface area (Å²) in [7, 11) is 0. The Morgan fingerprint density at radius 3 is 2.50 bits per heavy atom. The molecular formula is C25H26N4O3. The van der Waals surface area contributed by atoms with E-state index in [4.69, 9.17) is 4.74 Å². The lowest BCUT2D eigenvalue weighted by Gasteiger charge is -2.34. The second kappa shape index (κ2) is 10.0. The summed E-state index contributed by atoms with van der Waals surface area (Å²) >= 11 is 0. The molecule has 2 aromatic carbocycles. The Labute approximate surface area is 187 Å². The molecule has 1 aromatic heterocycles. The van der Waals surface area contributed by atoms with Crippen molar-refractivity contribution in [3.8, 4) is 5.75 Å². The summed E-state index contributed by atoms with van der Waals surface area (Å²) in [5.41, 5.74) is 1.71.